The molecule has 14 nitrogen and oxygen atoms in total. The van der Waals surface area contributed by atoms with Gasteiger partial charge in [-0.05, 0) is 54.2 Å². The molecule has 2 aliphatic rings. The van der Waals surface area contributed by atoms with Crippen LogP contribution in [0.3, 0.4) is 0 Å². The molecule has 6 aromatic rings. The zero-order valence-corrected chi connectivity index (χ0v) is 39.5. The first-order valence-electron chi connectivity index (χ1n) is 22.6. The van der Waals surface area contributed by atoms with E-state index >= 15 is 0 Å². The SMILES string of the molecule is CCCCN(C(=O)Cc1ccccc1)c1nnc(-c2ccc(CN3CC(C(=O)O)C3)cc2)s1.CCCCN(C(=O)c1ccccc1F)c1nnc(-c2ccc(CN3CC(C(=O)O)C3)cc2C)s1. The lowest BCUT2D eigenvalue weighted by Crippen LogP contribution is -2.49. The number of carboxylic acids is 2. The first-order valence-corrected chi connectivity index (χ1v) is 24.2. The predicted octanol–water partition coefficient (Wildman–Crippen LogP) is 8.71. The number of aliphatic carboxylic acids is 2. The van der Waals surface area contributed by atoms with Gasteiger partial charge in [0.25, 0.3) is 5.91 Å². The summed E-state index contributed by atoms with van der Waals surface area (Å²) >= 11 is 2.74. The number of unbranched alkanes of at least 4 members (excludes halogenated alkanes) is 2. The van der Waals surface area contributed by atoms with E-state index in [2.05, 4.69) is 43.2 Å². The quantitative estimate of drug-likeness (QED) is 0.0792. The van der Waals surface area contributed by atoms with E-state index in [4.69, 9.17) is 10.2 Å². The molecule has 2 fully saturated rings. The number of carbonyl (C=O) groups excluding carboxylic acids is 2. The molecule has 0 bridgehead atoms. The van der Waals surface area contributed by atoms with Crippen LogP contribution < -0.4 is 9.80 Å². The minimum absolute atomic E-state index is 0.0204. The molecule has 350 valence electrons. The average molecular weight is 947 g/mol. The van der Waals surface area contributed by atoms with Gasteiger partial charge in [-0.15, -0.1) is 20.4 Å². The Morgan fingerprint density at radius 2 is 1.19 bits per heavy atom. The number of aryl methyl sites for hydroxylation is 1. The van der Waals surface area contributed by atoms with E-state index in [1.807, 2.05) is 80.6 Å². The Bertz CT molecular complexity index is 2630. The summed E-state index contributed by atoms with van der Waals surface area (Å²) in [5, 5.41) is 37.9. The van der Waals surface area contributed by atoms with Crippen molar-refractivity contribution in [1.82, 2.24) is 30.2 Å². The van der Waals surface area contributed by atoms with Gasteiger partial charge in [0.05, 0.1) is 23.8 Å². The molecule has 67 heavy (non-hydrogen) atoms. The van der Waals surface area contributed by atoms with Gasteiger partial charge in [0, 0.05) is 63.5 Å². The highest BCUT2D eigenvalue weighted by Crippen LogP contribution is 2.34. The van der Waals surface area contributed by atoms with Crippen molar-refractivity contribution in [2.75, 3.05) is 49.1 Å². The van der Waals surface area contributed by atoms with Crippen LogP contribution in [0.2, 0.25) is 0 Å². The summed E-state index contributed by atoms with van der Waals surface area (Å²) < 4.78 is 14.3. The summed E-state index contributed by atoms with van der Waals surface area (Å²) in [6.45, 7) is 11.0. The van der Waals surface area contributed by atoms with Crippen molar-refractivity contribution in [2.24, 2.45) is 11.8 Å². The van der Waals surface area contributed by atoms with Crippen molar-refractivity contribution in [3.05, 3.63) is 131 Å². The van der Waals surface area contributed by atoms with Gasteiger partial charge in [-0.3, -0.25) is 38.8 Å². The van der Waals surface area contributed by atoms with Gasteiger partial charge in [-0.25, -0.2) is 4.39 Å². The van der Waals surface area contributed by atoms with Gasteiger partial charge in [0.1, 0.15) is 15.8 Å². The molecule has 2 amide bonds. The van der Waals surface area contributed by atoms with Crippen LogP contribution in [-0.2, 0) is 33.9 Å². The maximum atomic E-state index is 14.3. The van der Waals surface area contributed by atoms with E-state index in [0.29, 0.717) is 67.5 Å². The van der Waals surface area contributed by atoms with Crippen LogP contribution in [0.4, 0.5) is 14.7 Å². The molecule has 2 aliphatic heterocycles. The van der Waals surface area contributed by atoms with Crippen molar-refractivity contribution in [1.29, 1.82) is 0 Å². The second-order valence-electron chi connectivity index (χ2n) is 16.9. The molecule has 4 heterocycles. The highest BCUT2D eigenvalue weighted by molar-refractivity contribution is 7.19. The number of hydrogen-bond acceptors (Lipinski definition) is 12. The molecule has 0 spiro atoms. The Morgan fingerprint density at radius 1 is 0.657 bits per heavy atom. The molecule has 8 rings (SSSR count). The van der Waals surface area contributed by atoms with Crippen LogP contribution in [0.25, 0.3) is 21.1 Å². The van der Waals surface area contributed by atoms with E-state index < -0.39 is 23.7 Å². The number of hydrogen-bond donors (Lipinski definition) is 2. The summed E-state index contributed by atoms with van der Waals surface area (Å²) in [6, 6.07) is 29.9. The normalized spacial score (nSPS) is 14.1. The molecule has 2 N–H and O–H groups in total. The van der Waals surface area contributed by atoms with Crippen molar-refractivity contribution < 1.29 is 33.8 Å². The lowest BCUT2D eigenvalue weighted by atomic mass is 9.98. The lowest BCUT2D eigenvalue weighted by molar-refractivity contribution is -0.148. The predicted molar refractivity (Wildman–Crippen MR) is 259 cm³/mol. The zero-order chi connectivity index (χ0) is 47.5. The fourth-order valence-electron chi connectivity index (χ4n) is 7.81. The van der Waals surface area contributed by atoms with Crippen molar-refractivity contribution in [3.8, 4) is 21.1 Å². The first kappa shape index (κ1) is 48.7. The van der Waals surface area contributed by atoms with Crippen LogP contribution in [0, 0.1) is 24.6 Å². The average Bonchev–Trinajstić information content (AvgIpc) is 3.98. The number of benzene rings is 4. The van der Waals surface area contributed by atoms with Gasteiger partial charge < -0.3 is 10.2 Å². The molecule has 17 heteroatoms. The number of nitrogens with zero attached hydrogens (tertiary/aromatic N) is 8. The molecule has 0 radical (unpaired) electrons. The Hall–Kier alpha value is -6.27. The molecule has 4 aromatic carbocycles. The van der Waals surface area contributed by atoms with E-state index in [-0.39, 0.29) is 23.3 Å². The third-order valence-electron chi connectivity index (χ3n) is 11.8. The maximum Gasteiger partial charge on any atom is 0.309 e. The molecule has 0 unspecified atom stereocenters. The van der Waals surface area contributed by atoms with Crippen LogP contribution >= 0.6 is 22.7 Å². The lowest BCUT2D eigenvalue weighted by Gasteiger charge is -2.36. The fraction of sp³-hybridized carbons (Fsp3) is 0.360. The number of halogens is 1. The summed E-state index contributed by atoms with van der Waals surface area (Å²) in [5.74, 6) is -2.92. The number of likely N-dealkylation sites (tertiary alicyclic amines) is 2. The second kappa shape index (κ2) is 23.0. The fourth-order valence-corrected chi connectivity index (χ4v) is 9.66. The highest BCUT2D eigenvalue weighted by Gasteiger charge is 2.33. The van der Waals surface area contributed by atoms with Gasteiger partial charge in [-0.2, -0.15) is 0 Å². The number of carbonyl (C=O) groups is 4. The largest absolute Gasteiger partial charge is 0.481 e. The molecule has 0 aliphatic carbocycles. The van der Waals surface area contributed by atoms with Gasteiger partial charge in [-0.1, -0.05) is 134 Å². The molecular formula is C50H55FN8O6S2. The van der Waals surface area contributed by atoms with Gasteiger partial charge in [0.2, 0.25) is 16.2 Å². The van der Waals surface area contributed by atoms with Crippen LogP contribution in [-0.4, -0.2) is 103 Å². The summed E-state index contributed by atoms with van der Waals surface area (Å²) in [5.41, 5.74) is 6.15. The van der Waals surface area contributed by atoms with E-state index in [1.54, 1.807) is 17.0 Å². The Kier molecular flexibility index (Phi) is 16.7. The van der Waals surface area contributed by atoms with Crippen LogP contribution in [0.15, 0.2) is 97.1 Å². The minimum Gasteiger partial charge on any atom is -0.481 e. The number of aromatic nitrogens is 4. The van der Waals surface area contributed by atoms with Crippen molar-refractivity contribution in [2.45, 2.75) is 66.0 Å². The smallest absolute Gasteiger partial charge is 0.309 e. The van der Waals surface area contributed by atoms with Crippen molar-refractivity contribution in [3.63, 3.8) is 0 Å². The standard InChI is InChI=1S/C25H27FN4O3S.C25H28N4O3S/c1-3-4-11-30(23(31)20-7-5-6-8-21(20)26)25-28-27-22(34-25)19-10-9-17(12-16(19)2)13-29-14-18(15-29)24(32)33;1-2-3-13-29(22(30)14-18-7-5-4-6-8-18)25-27-26-23(33-25)20-11-9-19(10-12-20)15-28-16-21(17-28)24(31)32/h5-10,12,18H,3-4,11,13-15H2,1-2H3,(H,32,33);4-12,21H,2-3,13-17H2,1H3,(H,31,32). The molecule has 2 saturated heterocycles. The Morgan fingerprint density at radius 3 is 1.79 bits per heavy atom. The Balaban J connectivity index is 0.000000199. The van der Waals surface area contributed by atoms with Gasteiger partial charge in [0.15, 0.2) is 0 Å². The topological polar surface area (TPSA) is 173 Å². The van der Waals surface area contributed by atoms with E-state index in [1.165, 1.54) is 39.7 Å². The number of rotatable bonds is 19. The Labute approximate surface area is 397 Å². The summed E-state index contributed by atoms with van der Waals surface area (Å²) in [6.07, 6.45) is 3.89. The summed E-state index contributed by atoms with van der Waals surface area (Å²) in [4.78, 5) is 55.6. The third-order valence-corrected chi connectivity index (χ3v) is 13.7. The highest BCUT2D eigenvalue weighted by atomic mass is 32.1. The van der Waals surface area contributed by atoms with E-state index in [0.717, 1.165) is 70.6 Å². The summed E-state index contributed by atoms with van der Waals surface area (Å²) in [7, 11) is 0. The zero-order valence-electron chi connectivity index (χ0n) is 37.9. The first-order chi connectivity index (χ1) is 32.4. The monoisotopic (exact) mass is 946 g/mol. The molecular weight excluding hydrogens is 892 g/mol. The van der Waals surface area contributed by atoms with E-state index in [9.17, 15) is 23.6 Å². The molecule has 0 atom stereocenters. The van der Waals surface area contributed by atoms with Gasteiger partial charge >= 0.3 is 11.9 Å². The maximum absolute atomic E-state index is 14.3. The minimum atomic E-state index is -0.740. The number of carboxylic acid groups (broad SMARTS) is 2. The third kappa shape index (κ3) is 12.6. The second-order valence-corrected chi connectivity index (χ2v) is 18.8. The molecule has 2 aromatic heterocycles. The van der Waals surface area contributed by atoms with Crippen LogP contribution in [0.5, 0.6) is 0 Å². The van der Waals surface area contributed by atoms with Crippen LogP contribution in [0.1, 0.15) is 72.1 Å². The number of amides is 2. The molecule has 0 saturated carbocycles. The van der Waals surface area contributed by atoms with Crippen molar-refractivity contribution >= 4 is 56.7 Å². The number of anilines is 2.